The predicted octanol–water partition coefficient (Wildman–Crippen LogP) is -0.421. The summed E-state index contributed by atoms with van der Waals surface area (Å²) < 4.78 is 1.44. The highest BCUT2D eigenvalue weighted by Gasteiger charge is 1.99. The molecular formula is C6H10N3+. The predicted molar refractivity (Wildman–Crippen MR) is 35.9 cm³/mol. The van der Waals surface area contributed by atoms with Crippen molar-refractivity contribution in [2.45, 2.75) is 6.92 Å². The molecule has 0 radical (unpaired) electrons. The van der Waals surface area contributed by atoms with E-state index in [9.17, 15) is 0 Å². The average Bonchev–Trinajstić information content (AvgIpc) is 1.83. The summed E-state index contributed by atoms with van der Waals surface area (Å²) in [7, 11) is 0. The van der Waals surface area contributed by atoms with Gasteiger partial charge in [-0.15, -0.1) is 4.68 Å². The van der Waals surface area contributed by atoms with Crippen LogP contribution in [0.15, 0.2) is 18.2 Å². The van der Waals surface area contributed by atoms with Crippen molar-refractivity contribution in [1.82, 2.24) is 0 Å². The highest BCUT2D eigenvalue weighted by Crippen LogP contribution is 1.92. The molecule has 3 heteroatoms. The molecule has 3 nitrogen and oxygen atoms in total. The lowest BCUT2D eigenvalue weighted by molar-refractivity contribution is -0.630. The van der Waals surface area contributed by atoms with Gasteiger partial charge in [0.2, 0.25) is 0 Å². The number of aryl methyl sites for hydroxylation is 1. The maximum atomic E-state index is 5.47. The molecule has 0 saturated heterocycles. The number of anilines is 1. The molecule has 48 valence electrons. The second kappa shape index (κ2) is 1.93. The molecule has 4 N–H and O–H groups in total. The number of pyridine rings is 1. The summed E-state index contributed by atoms with van der Waals surface area (Å²) in [5, 5.41) is 0. The third kappa shape index (κ3) is 0.937. The highest BCUT2D eigenvalue weighted by molar-refractivity contribution is 5.20. The number of nitrogen functional groups attached to an aromatic ring is 2. The lowest BCUT2D eigenvalue weighted by Crippen LogP contribution is -2.49. The molecule has 0 aromatic carbocycles. The number of rotatable bonds is 0. The molecule has 1 aromatic heterocycles. The van der Waals surface area contributed by atoms with E-state index in [-0.39, 0.29) is 0 Å². The number of nitrogens with zero attached hydrogens (tertiary/aromatic N) is 1. The third-order valence-corrected chi connectivity index (χ3v) is 1.26. The van der Waals surface area contributed by atoms with Crippen LogP contribution in [0.5, 0.6) is 0 Å². The number of hydrogen-bond donors (Lipinski definition) is 2. The van der Waals surface area contributed by atoms with Crippen molar-refractivity contribution in [3.8, 4) is 0 Å². The van der Waals surface area contributed by atoms with E-state index in [1.54, 1.807) is 6.07 Å². The van der Waals surface area contributed by atoms with Gasteiger partial charge in [-0.05, 0) is 6.07 Å². The molecule has 0 aliphatic rings. The normalized spacial score (nSPS) is 9.44. The van der Waals surface area contributed by atoms with Gasteiger partial charge in [-0.2, -0.15) is 0 Å². The van der Waals surface area contributed by atoms with Crippen LogP contribution in [0.2, 0.25) is 0 Å². The molecule has 0 unspecified atom stereocenters. The first kappa shape index (κ1) is 5.88. The number of nitrogens with two attached hydrogens (primary N) is 2. The van der Waals surface area contributed by atoms with E-state index in [1.165, 1.54) is 4.68 Å². The Bertz CT molecular complexity index is 199. The fraction of sp³-hybridized carbons (Fsp3) is 0.167. The Labute approximate surface area is 53.9 Å². The Balaban J connectivity index is 3.25. The van der Waals surface area contributed by atoms with Crippen molar-refractivity contribution in [2.24, 2.45) is 0 Å². The Morgan fingerprint density at radius 3 is 2.56 bits per heavy atom. The van der Waals surface area contributed by atoms with Gasteiger partial charge in [-0.25, -0.2) is 0 Å². The second-order valence-electron chi connectivity index (χ2n) is 1.96. The lowest BCUT2D eigenvalue weighted by atomic mass is 10.4. The van der Waals surface area contributed by atoms with Crippen LogP contribution in [0.3, 0.4) is 0 Å². The molecule has 0 saturated carbocycles. The molecular weight excluding hydrogens is 114 g/mol. The zero-order chi connectivity index (χ0) is 6.85. The summed E-state index contributed by atoms with van der Waals surface area (Å²) in [4.78, 5) is 0. The first-order valence-electron chi connectivity index (χ1n) is 2.74. The SMILES string of the molecule is Cc1cccc(N)[n+]1N. The zero-order valence-corrected chi connectivity index (χ0v) is 5.33. The largest absolute Gasteiger partial charge is 0.295 e. The van der Waals surface area contributed by atoms with Gasteiger partial charge < -0.3 is 0 Å². The topological polar surface area (TPSA) is 55.9 Å². The van der Waals surface area contributed by atoms with Crippen molar-refractivity contribution in [1.29, 1.82) is 0 Å². The quantitative estimate of drug-likeness (QED) is 0.364. The van der Waals surface area contributed by atoms with Crippen molar-refractivity contribution in [3.05, 3.63) is 23.9 Å². The van der Waals surface area contributed by atoms with Gasteiger partial charge in [0, 0.05) is 13.0 Å². The van der Waals surface area contributed by atoms with Crippen molar-refractivity contribution >= 4 is 5.82 Å². The zero-order valence-electron chi connectivity index (χ0n) is 5.33. The van der Waals surface area contributed by atoms with Crippen LogP contribution in [0, 0.1) is 6.92 Å². The van der Waals surface area contributed by atoms with Gasteiger partial charge in [0.15, 0.2) is 0 Å². The van der Waals surface area contributed by atoms with E-state index in [1.807, 2.05) is 19.1 Å². The van der Waals surface area contributed by atoms with Crippen molar-refractivity contribution in [3.63, 3.8) is 0 Å². The molecule has 0 aliphatic heterocycles. The smallest absolute Gasteiger partial charge is 0.285 e. The van der Waals surface area contributed by atoms with E-state index in [2.05, 4.69) is 0 Å². The molecule has 9 heavy (non-hydrogen) atoms. The second-order valence-corrected chi connectivity index (χ2v) is 1.96. The molecule has 1 rings (SSSR count). The molecule has 0 fully saturated rings. The summed E-state index contributed by atoms with van der Waals surface area (Å²) in [6.45, 7) is 1.90. The number of hydrogen-bond acceptors (Lipinski definition) is 2. The van der Waals surface area contributed by atoms with Gasteiger partial charge in [-0.3, -0.25) is 11.6 Å². The van der Waals surface area contributed by atoms with E-state index >= 15 is 0 Å². The molecule has 0 amide bonds. The van der Waals surface area contributed by atoms with Crippen molar-refractivity contribution in [2.75, 3.05) is 11.6 Å². The molecule has 0 bridgehead atoms. The minimum atomic E-state index is 0.579. The van der Waals surface area contributed by atoms with Crippen LogP contribution in [-0.2, 0) is 0 Å². The van der Waals surface area contributed by atoms with Crippen molar-refractivity contribution < 1.29 is 4.68 Å². The fourth-order valence-electron chi connectivity index (χ4n) is 0.650. The Morgan fingerprint density at radius 2 is 2.11 bits per heavy atom. The van der Waals surface area contributed by atoms with Gasteiger partial charge in [0.25, 0.3) is 5.82 Å². The Hall–Kier alpha value is -1.25. The van der Waals surface area contributed by atoms with Gasteiger partial charge in [0.05, 0.1) is 0 Å². The van der Waals surface area contributed by atoms with Crippen LogP contribution < -0.4 is 16.3 Å². The molecule has 1 aromatic rings. The molecule has 0 aliphatic carbocycles. The van der Waals surface area contributed by atoms with Gasteiger partial charge in [0.1, 0.15) is 5.69 Å². The van der Waals surface area contributed by atoms with Crippen LogP contribution in [0.1, 0.15) is 5.69 Å². The van der Waals surface area contributed by atoms with E-state index in [0.29, 0.717) is 5.82 Å². The van der Waals surface area contributed by atoms with E-state index < -0.39 is 0 Å². The maximum Gasteiger partial charge on any atom is 0.295 e. The lowest BCUT2D eigenvalue weighted by Gasteiger charge is -1.96. The summed E-state index contributed by atoms with van der Waals surface area (Å²) >= 11 is 0. The van der Waals surface area contributed by atoms with E-state index in [0.717, 1.165) is 5.69 Å². The van der Waals surface area contributed by atoms with Crippen LogP contribution in [0.25, 0.3) is 0 Å². The van der Waals surface area contributed by atoms with Crippen LogP contribution >= 0.6 is 0 Å². The van der Waals surface area contributed by atoms with E-state index in [4.69, 9.17) is 11.6 Å². The Kier molecular flexibility index (Phi) is 1.26. The average molecular weight is 124 g/mol. The first-order valence-corrected chi connectivity index (χ1v) is 2.74. The Morgan fingerprint density at radius 1 is 1.44 bits per heavy atom. The monoisotopic (exact) mass is 124 g/mol. The third-order valence-electron chi connectivity index (χ3n) is 1.26. The standard InChI is InChI=1S/C6H9N3/c1-5-3-2-4-6(7)9(5)8/h2-4,7H,8H2,1H3/p+1. The molecule has 0 atom stereocenters. The number of aromatic nitrogens is 1. The molecule has 0 spiro atoms. The summed E-state index contributed by atoms with van der Waals surface area (Å²) in [5.41, 5.74) is 6.41. The van der Waals surface area contributed by atoms with Crippen LogP contribution in [0.4, 0.5) is 5.82 Å². The minimum Gasteiger partial charge on any atom is -0.285 e. The summed E-state index contributed by atoms with van der Waals surface area (Å²) in [6, 6.07) is 5.53. The highest BCUT2D eigenvalue weighted by atomic mass is 15.3. The summed E-state index contributed by atoms with van der Waals surface area (Å²) in [5.74, 6) is 6.05. The minimum absolute atomic E-state index is 0.579. The van der Waals surface area contributed by atoms with Crippen LogP contribution in [-0.4, -0.2) is 0 Å². The fourth-order valence-corrected chi connectivity index (χ4v) is 0.650. The maximum absolute atomic E-state index is 5.47. The summed E-state index contributed by atoms with van der Waals surface area (Å²) in [6.07, 6.45) is 0. The van der Waals surface area contributed by atoms with Gasteiger partial charge >= 0.3 is 0 Å². The van der Waals surface area contributed by atoms with Gasteiger partial charge in [-0.1, -0.05) is 6.07 Å². The first-order chi connectivity index (χ1) is 4.22. The molecule has 1 heterocycles.